The number of likely N-dealkylation sites (N-methyl/N-ethyl adjacent to an activating group) is 1. The molecule has 1 aromatic rings. The van der Waals surface area contributed by atoms with Crippen molar-refractivity contribution in [3.8, 4) is 5.75 Å². The van der Waals surface area contributed by atoms with Gasteiger partial charge in [0.15, 0.2) is 17.5 Å². The van der Waals surface area contributed by atoms with Gasteiger partial charge < -0.3 is 19.7 Å². The van der Waals surface area contributed by atoms with Crippen molar-refractivity contribution in [1.29, 1.82) is 0 Å². The van der Waals surface area contributed by atoms with Gasteiger partial charge in [-0.3, -0.25) is 4.99 Å². The van der Waals surface area contributed by atoms with E-state index in [-0.39, 0.29) is 16.3 Å². The van der Waals surface area contributed by atoms with Crippen molar-refractivity contribution in [3.63, 3.8) is 0 Å². The normalized spacial score (nSPS) is 16.8. The Labute approximate surface area is 166 Å². The van der Waals surface area contributed by atoms with Crippen LogP contribution >= 0.6 is 11.8 Å². The molecule has 0 atom stereocenters. The monoisotopic (exact) mass is 397 g/mol. The molecule has 1 aliphatic rings. The molecule has 0 radical (unpaired) electrons. The zero-order valence-electron chi connectivity index (χ0n) is 16.7. The summed E-state index contributed by atoms with van der Waals surface area (Å²) in [4.78, 5) is 6.93. The zero-order valence-corrected chi connectivity index (χ0v) is 17.5. The molecule has 152 valence electrons. The molecule has 5 nitrogen and oxygen atoms in total. The number of benzene rings is 1. The lowest BCUT2D eigenvalue weighted by Gasteiger charge is -2.35. The quantitative estimate of drug-likeness (QED) is 0.511. The van der Waals surface area contributed by atoms with E-state index in [1.54, 1.807) is 18.2 Å². The Kier molecular flexibility index (Phi) is 9.21. The summed E-state index contributed by atoms with van der Waals surface area (Å²) in [5, 5.41) is 3.35. The minimum absolute atomic E-state index is 0.165. The van der Waals surface area contributed by atoms with E-state index in [2.05, 4.69) is 19.2 Å². The minimum Gasteiger partial charge on any atom is -0.489 e. The lowest BCUT2D eigenvalue weighted by atomic mass is 9.99. The third-order valence-corrected chi connectivity index (χ3v) is 6.03. The lowest BCUT2D eigenvalue weighted by molar-refractivity contribution is 0.0793. The molecule has 0 aromatic heterocycles. The van der Waals surface area contributed by atoms with Gasteiger partial charge in [0.05, 0.1) is 13.1 Å². The molecule has 1 fully saturated rings. The number of nitrogens with one attached hydrogen (secondary N) is 1. The first-order valence-electron chi connectivity index (χ1n) is 9.68. The Bertz CT molecular complexity index is 589. The maximum absolute atomic E-state index is 13.6. The molecule has 1 aromatic carbocycles. The molecule has 1 aliphatic heterocycles. The molecule has 0 bridgehead atoms. The van der Waals surface area contributed by atoms with Crippen LogP contribution < -0.4 is 10.1 Å². The average Bonchev–Trinajstić information content (AvgIpc) is 2.67. The SMILES string of the molecule is CCNC(=NCC1(SCC)CCOCC1)N(C)CCOc1ccccc1F. The Hall–Kier alpha value is -1.47. The van der Waals surface area contributed by atoms with Gasteiger partial charge in [-0.25, -0.2) is 4.39 Å². The van der Waals surface area contributed by atoms with Gasteiger partial charge in [-0.15, -0.1) is 0 Å². The second-order valence-corrected chi connectivity index (χ2v) is 8.33. The van der Waals surface area contributed by atoms with Gasteiger partial charge in [0, 0.05) is 31.6 Å². The number of hydrogen-bond acceptors (Lipinski definition) is 4. The summed E-state index contributed by atoms with van der Waals surface area (Å²) in [5.41, 5.74) is 0. The van der Waals surface area contributed by atoms with Crippen molar-refractivity contribution < 1.29 is 13.9 Å². The topological polar surface area (TPSA) is 46.1 Å². The molecule has 0 spiro atoms. The lowest BCUT2D eigenvalue weighted by Crippen LogP contribution is -2.43. The molecule has 1 N–H and O–H groups in total. The van der Waals surface area contributed by atoms with Gasteiger partial charge in [0.2, 0.25) is 0 Å². The van der Waals surface area contributed by atoms with Crippen LogP contribution in [0.5, 0.6) is 5.75 Å². The van der Waals surface area contributed by atoms with Gasteiger partial charge in [0.25, 0.3) is 0 Å². The number of guanidine groups is 1. The van der Waals surface area contributed by atoms with E-state index >= 15 is 0 Å². The molecule has 7 heteroatoms. The number of ether oxygens (including phenoxy) is 2. The van der Waals surface area contributed by atoms with Crippen molar-refractivity contribution in [2.75, 3.05) is 52.3 Å². The molecule has 2 rings (SSSR count). The Morgan fingerprint density at radius 2 is 2.07 bits per heavy atom. The number of rotatable bonds is 9. The Morgan fingerprint density at radius 1 is 1.33 bits per heavy atom. The highest BCUT2D eigenvalue weighted by molar-refractivity contribution is 8.00. The third-order valence-electron chi connectivity index (χ3n) is 4.59. The number of halogens is 1. The molecule has 27 heavy (non-hydrogen) atoms. The largest absolute Gasteiger partial charge is 0.489 e. The summed E-state index contributed by atoms with van der Waals surface area (Å²) in [6, 6.07) is 6.48. The van der Waals surface area contributed by atoms with Gasteiger partial charge in [-0.1, -0.05) is 19.1 Å². The number of thioether (sulfide) groups is 1. The fraction of sp³-hybridized carbons (Fsp3) is 0.650. The molecule has 0 aliphatic carbocycles. The summed E-state index contributed by atoms with van der Waals surface area (Å²) in [6.07, 6.45) is 2.07. The van der Waals surface area contributed by atoms with Gasteiger partial charge in [0.1, 0.15) is 6.61 Å². The Balaban J connectivity index is 1.93. The summed E-state index contributed by atoms with van der Waals surface area (Å²) < 4.78 is 24.9. The van der Waals surface area contributed by atoms with E-state index in [9.17, 15) is 4.39 Å². The first-order valence-corrected chi connectivity index (χ1v) is 10.7. The predicted octanol–water partition coefficient (Wildman–Crippen LogP) is 3.40. The van der Waals surface area contributed by atoms with E-state index in [1.165, 1.54) is 6.07 Å². The van der Waals surface area contributed by atoms with Crippen LogP contribution in [0.4, 0.5) is 4.39 Å². The van der Waals surface area contributed by atoms with Crippen LogP contribution in [-0.4, -0.2) is 67.9 Å². The van der Waals surface area contributed by atoms with Crippen molar-refractivity contribution in [2.45, 2.75) is 31.4 Å². The van der Waals surface area contributed by atoms with Crippen LogP contribution in [0.2, 0.25) is 0 Å². The average molecular weight is 398 g/mol. The molecule has 0 saturated carbocycles. The highest BCUT2D eigenvalue weighted by Crippen LogP contribution is 2.35. The molecule has 1 saturated heterocycles. The van der Waals surface area contributed by atoms with Crippen LogP contribution in [0, 0.1) is 5.82 Å². The standard InChI is InChI=1S/C20H32FN3O2S/c1-4-22-19(23-16-20(27-5-2)10-13-25-14-11-20)24(3)12-15-26-18-9-7-6-8-17(18)21/h6-9H,4-5,10-16H2,1-3H3,(H,22,23). The van der Waals surface area contributed by atoms with E-state index in [4.69, 9.17) is 14.5 Å². The smallest absolute Gasteiger partial charge is 0.193 e. The maximum atomic E-state index is 13.6. The summed E-state index contributed by atoms with van der Waals surface area (Å²) in [6.45, 7) is 8.47. The highest BCUT2D eigenvalue weighted by Gasteiger charge is 2.32. The number of para-hydroxylation sites is 1. The summed E-state index contributed by atoms with van der Waals surface area (Å²) in [5.74, 6) is 1.89. The van der Waals surface area contributed by atoms with Crippen LogP contribution in [0.25, 0.3) is 0 Å². The van der Waals surface area contributed by atoms with Crippen LogP contribution in [0.3, 0.4) is 0 Å². The second kappa shape index (κ2) is 11.4. The maximum Gasteiger partial charge on any atom is 0.193 e. The zero-order chi connectivity index (χ0) is 19.5. The molecular weight excluding hydrogens is 365 g/mol. The number of aliphatic imine (C=N–C) groups is 1. The highest BCUT2D eigenvalue weighted by atomic mass is 32.2. The first-order chi connectivity index (χ1) is 13.1. The van der Waals surface area contributed by atoms with E-state index in [1.807, 2.05) is 23.7 Å². The predicted molar refractivity (Wildman–Crippen MR) is 111 cm³/mol. The van der Waals surface area contributed by atoms with Crippen LogP contribution in [-0.2, 0) is 4.74 Å². The second-order valence-electron chi connectivity index (χ2n) is 6.60. The number of nitrogens with zero attached hydrogens (tertiary/aromatic N) is 2. The fourth-order valence-electron chi connectivity index (χ4n) is 3.05. The van der Waals surface area contributed by atoms with Crippen LogP contribution in [0.15, 0.2) is 29.3 Å². The summed E-state index contributed by atoms with van der Waals surface area (Å²) >= 11 is 1.99. The van der Waals surface area contributed by atoms with E-state index in [0.29, 0.717) is 13.2 Å². The van der Waals surface area contributed by atoms with Crippen molar-refractivity contribution in [2.24, 2.45) is 4.99 Å². The van der Waals surface area contributed by atoms with E-state index in [0.717, 1.165) is 50.9 Å². The Morgan fingerprint density at radius 3 is 2.74 bits per heavy atom. The van der Waals surface area contributed by atoms with Crippen LogP contribution in [0.1, 0.15) is 26.7 Å². The molecular formula is C20H32FN3O2S. The van der Waals surface area contributed by atoms with Crippen molar-refractivity contribution >= 4 is 17.7 Å². The minimum atomic E-state index is -0.334. The fourth-order valence-corrected chi connectivity index (χ4v) is 4.27. The molecule has 1 heterocycles. The van der Waals surface area contributed by atoms with Gasteiger partial charge in [-0.2, -0.15) is 11.8 Å². The summed E-state index contributed by atoms with van der Waals surface area (Å²) in [7, 11) is 1.98. The van der Waals surface area contributed by atoms with E-state index < -0.39 is 0 Å². The molecule has 0 unspecified atom stereocenters. The van der Waals surface area contributed by atoms with Gasteiger partial charge >= 0.3 is 0 Å². The van der Waals surface area contributed by atoms with Crippen molar-refractivity contribution in [3.05, 3.63) is 30.1 Å². The van der Waals surface area contributed by atoms with Crippen molar-refractivity contribution in [1.82, 2.24) is 10.2 Å². The molecule has 0 amide bonds. The first kappa shape index (κ1) is 21.8. The van der Waals surface area contributed by atoms with Gasteiger partial charge in [-0.05, 0) is 37.7 Å². The number of hydrogen-bond donors (Lipinski definition) is 1. The third kappa shape index (κ3) is 6.88.